The van der Waals surface area contributed by atoms with Crippen LogP contribution in [0.1, 0.15) is 33.0 Å². The third-order valence-electron chi connectivity index (χ3n) is 5.43. The number of carbonyl (C=O) groups excluding carboxylic acids is 1. The summed E-state index contributed by atoms with van der Waals surface area (Å²) in [6, 6.07) is 16.9. The molecule has 0 bridgehead atoms. The molecule has 2 heterocycles. The van der Waals surface area contributed by atoms with Crippen molar-refractivity contribution in [2.24, 2.45) is 7.05 Å². The van der Waals surface area contributed by atoms with E-state index in [1.807, 2.05) is 55.9 Å². The van der Waals surface area contributed by atoms with Crippen LogP contribution in [-0.2, 0) is 13.7 Å². The maximum atomic E-state index is 12.9. The number of aryl methyl sites for hydroxylation is 4. The number of amides is 1. The zero-order valence-electron chi connectivity index (χ0n) is 18.7. The van der Waals surface area contributed by atoms with E-state index < -0.39 is 0 Å². The molecule has 0 saturated heterocycles. The van der Waals surface area contributed by atoms with Crippen LogP contribution in [0.15, 0.2) is 67.0 Å². The minimum Gasteiger partial charge on any atom is -0.487 e. The SMILES string of the molecule is Cc1cc(C)c(-c2cn(C)c(C)n2)cc1NC(=O)c1ccc(OCc2ccccn2)cc1. The zero-order valence-corrected chi connectivity index (χ0v) is 18.7. The van der Waals surface area contributed by atoms with Crippen LogP contribution in [0.25, 0.3) is 11.3 Å². The number of hydrogen-bond acceptors (Lipinski definition) is 4. The van der Waals surface area contributed by atoms with Crippen molar-refractivity contribution in [3.63, 3.8) is 0 Å². The van der Waals surface area contributed by atoms with Gasteiger partial charge in [0.15, 0.2) is 0 Å². The molecular formula is C26H26N4O2. The lowest BCUT2D eigenvalue weighted by Crippen LogP contribution is -2.13. The highest BCUT2D eigenvalue weighted by Crippen LogP contribution is 2.29. The second kappa shape index (κ2) is 9.06. The molecule has 0 aliphatic carbocycles. The van der Waals surface area contributed by atoms with E-state index in [1.165, 1.54) is 0 Å². The van der Waals surface area contributed by atoms with Crippen LogP contribution in [0.3, 0.4) is 0 Å². The van der Waals surface area contributed by atoms with Crippen molar-refractivity contribution in [2.75, 3.05) is 5.32 Å². The van der Waals surface area contributed by atoms with Gasteiger partial charge in [-0.3, -0.25) is 9.78 Å². The molecule has 1 amide bonds. The quantitative estimate of drug-likeness (QED) is 0.458. The predicted molar refractivity (Wildman–Crippen MR) is 126 cm³/mol. The maximum Gasteiger partial charge on any atom is 0.255 e. The number of aromatic nitrogens is 3. The molecule has 4 rings (SSSR count). The van der Waals surface area contributed by atoms with Gasteiger partial charge in [0, 0.05) is 36.3 Å². The molecule has 0 spiro atoms. The standard InChI is InChI=1S/C26H26N4O2/c1-17-13-18(2)24(14-23(17)25-15-30(4)19(3)28-25)29-26(31)20-8-10-22(11-9-20)32-16-21-7-5-6-12-27-21/h5-15H,16H2,1-4H3,(H,29,31). The van der Waals surface area contributed by atoms with E-state index in [0.29, 0.717) is 17.9 Å². The van der Waals surface area contributed by atoms with Crippen LogP contribution in [0.4, 0.5) is 5.69 Å². The Bertz CT molecular complexity index is 1230. The van der Waals surface area contributed by atoms with Gasteiger partial charge >= 0.3 is 0 Å². The second-order valence-electron chi connectivity index (χ2n) is 7.85. The van der Waals surface area contributed by atoms with Gasteiger partial charge in [-0.1, -0.05) is 12.1 Å². The number of carbonyl (C=O) groups is 1. The lowest BCUT2D eigenvalue weighted by Gasteiger charge is -2.13. The largest absolute Gasteiger partial charge is 0.487 e. The fourth-order valence-electron chi connectivity index (χ4n) is 3.49. The molecule has 0 aliphatic rings. The van der Waals surface area contributed by atoms with Gasteiger partial charge in [-0.05, 0) is 74.4 Å². The number of benzene rings is 2. The summed E-state index contributed by atoms with van der Waals surface area (Å²) >= 11 is 0. The molecular weight excluding hydrogens is 400 g/mol. The van der Waals surface area contributed by atoms with Crippen LogP contribution in [-0.4, -0.2) is 20.4 Å². The number of nitrogens with one attached hydrogen (secondary N) is 1. The molecule has 4 aromatic rings. The highest BCUT2D eigenvalue weighted by Gasteiger charge is 2.13. The van der Waals surface area contributed by atoms with Crippen molar-refractivity contribution in [3.8, 4) is 17.0 Å². The van der Waals surface area contributed by atoms with Crippen molar-refractivity contribution >= 4 is 11.6 Å². The van der Waals surface area contributed by atoms with Crippen LogP contribution in [0, 0.1) is 20.8 Å². The van der Waals surface area contributed by atoms with E-state index >= 15 is 0 Å². The molecule has 0 radical (unpaired) electrons. The van der Waals surface area contributed by atoms with E-state index in [2.05, 4.69) is 28.3 Å². The Morgan fingerprint density at radius 2 is 1.81 bits per heavy atom. The first-order chi connectivity index (χ1) is 15.4. The van der Waals surface area contributed by atoms with Gasteiger partial charge in [0.25, 0.3) is 5.91 Å². The molecule has 2 aromatic heterocycles. The fourth-order valence-corrected chi connectivity index (χ4v) is 3.49. The summed E-state index contributed by atoms with van der Waals surface area (Å²) in [4.78, 5) is 21.7. The average molecular weight is 427 g/mol. The van der Waals surface area contributed by atoms with E-state index in [-0.39, 0.29) is 5.91 Å². The topological polar surface area (TPSA) is 69.0 Å². The molecule has 0 unspecified atom stereocenters. The van der Waals surface area contributed by atoms with Crippen LogP contribution in [0.5, 0.6) is 5.75 Å². The number of ether oxygens (including phenoxy) is 1. The zero-order chi connectivity index (χ0) is 22.7. The van der Waals surface area contributed by atoms with Crippen molar-refractivity contribution in [2.45, 2.75) is 27.4 Å². The first-order valence-electron chi connectivity index (χ1n) is 10.5. The normalized spacial score (nSPS) is 10.8. The highest BCUT2D eigenvalue weighted by molar-refractivity contribution is 6.05. The third kappa shape index (κ3) is 4.70. The third-order valence-corrected chi connectivity index (χ3v) is 5.43. The summed E-state index contributed by atoms with van der Waals surface area (Å²) in [5.41, 5.74) is 6.21. The first kappa shape index (κ1) is 21.3. The summed E-state index contributed by atoms with van der Waals surface area (Å²) in [6.45, 7) is 6.40. The van der Waals surface area contributed by atoms with Gasteiger partial charge in [0.1, 0.15) is 18.2 Å². The number of imidazole rings is 1. The van der Waals surface area contributed by atoms with E-state index in [0.717, 1.165) is 39.6 Å². The predicted octanol–water partition coefficient (Wildman–Crippen LogP) is 5.24. The number of anilines is 1. The Morgan fingerprint density at radius 3 is 2.47 bits per heavy atom. The lowest BCUT2D eigenvalue weighted by atomic mass is 10.0. The van der Waals surface area contributed by atoms with Crippen LogP contribution >= 0.6 is 0 Å². The van der Waals surface area contributed by atoms with Gasteiger partial charge in [-0.15, -0.1) is 0 Å². The van der Waals surface area contributed by atoms with Crippen molar-refractivity contribution < 1.29 is 9.53 Å². The molecule has 6 heteroatoms. The summed E-state index contributed by atoms with van der Waals surface area (Å²) in [6.07, 6.45) is 3.74. The summed E-state index contributed by atoms with van der Waals surface area (Å²) in [5.74, 6) is 1.46. The highest BCUT2D eigenvalue weighted by atomic mass is 16.5. The summed E-state index contributed by atoms with van der Waals surface area (Å²) in [5, 5.41) is 3.04. The molecule has 6 nitrogen and oxygen atoms in total. The Balaban J connectivity index is 1.48. The molecule has 32 heavy (non-hydrogen) atoms. The van der Waals surface area contributed by atoms with Crippen molar-refractivity contribution in [1.82, 2.24) is 14.5 Å². The Kier molecular flexibility index (Phi) is 6.03. The molecule has 1 N–H and O–H groups in total. The molecule has 0 atom stereocenters. The van der Waals surface area contributed by atoms with E-state index in [1.54, 1.807) is 30.5 Å². The van der Waals surface area contributed by atoms with Crippen LogP contribution in [0.2, 0.25) is 0 Å². The summed E-state index contributed by atoms with van der Waals surface area (Å²) < 4.78 is 7.74. The van der Waals surface area contributed by atoms with E-state index in [4.69, 9.17) is 4.74 Å². The minimum absolute atomic E-state index is 0.170. The first-order valence-corrected chi connectivity index (χ1v) is 10.5. The molecule has 0 fully saturated rings. The van der Waals surface area contributed by atoms with Gasteiger partial charge in [-0.2, -0.15) is 0 Å². The fraction of sp³-hybridized carbons (Fsp3) is 0.192. The lowest BCUT2D eigenvalue weighted by molar-refractivity contribution is 0.102. The van der Waals surface area contributed by atoms with Crippen LogP contribution < -0.4 is 10.1 Å². The van der Waals surface area contributed by atoms with Crippen molar-refractivity contribution in [1.29, 1.82) is 0 Å². The number of nitrogens with zero attached hydrogens (tertiary/aromatic N) is 3. The minimum atomic E-state index is -0.170. The average Bonchev–Trinajstić information content (AvgIpc) is 3.13. The van der Waals surface area contributed by atoms with Gasteiger partial charge < -0.3 is 14.6 Å². The van der Waals surface area contributed by atoms with Gasteiger partial charge in [0.05, 0.1) is 11.4 Å². The van der Waals surface area contributed by atoms with Gasteiger partial charge in [-0.25, -0.2) is 4.98 Å². The summed E-state index contributed by atoms with van der Waals surface area (Å²) in [7, 11) is 1.97. The Labute approximate surface area is 187 Å². The maximum absolute atomic E-state index is 12.9. The smallest absolute Gasteiger partial charge is 0.255 e. The Hall–Kier alpha value is -3.93. The number of pyridine rings is 1. The second-order valence-corrected chi connectivity index (χ2v) is 7.85. The molecule has 0 aliphatic heterocycles. The molecule has 2 aromatic carbocycles. The Morgan fingerprint density at radius 1 is 1.03 bits per heavy atom. The number of rotatable bonds is 6. The van der Waals surface area contributed by atoms with Gasteiger partial charge in [0.2, 0.25) is 0 Å². The van der Waals surface area contributed by atoms with Crippen molar-refractivity contribution in [3.05, 3.63) is 95.2 Å². The molecule has 162 valence electrons. The molecule has 0 saturated carbocycles. The monoisotopic (exact) mass is 426 g/mol. The number of hydrogen-bond donors (Lipinski definition) is 1. The van der Waals surface area contributed by atoms with E-state index in [9.17, 15) is 4.79 Å².